The molecule has 0 radical (unpaired) electrons. The highest BCUT2D eigenvalue weighted by molar-refractivity contribution is 5.37. The summed E-state index contributed by atoms with van der Waals surface area (Å²) in [7, 11) is 0. The van der Waals surface area contributed by atoms with Crippen LogP contribution in [-0.2, 0) is 9.47 Å². The summed E-state index contributed by atoms with van der Waals surface area (Å²) in [5.74, 6) is 2.15. The van der Waals surface area contributed by atoms with Gasteiger partial charge in [0.1, 0.15) is 11.6 Å². The minimum Gasteiger partial charge on any atom is -0.382 e. The smallest absolute Gasteiger partial charge is 0.129 e. The van der Waals surface area contributed by atoms with Crippen molar-refractivity contribution in [3.05, 3.63) is 17.6 Å². The van der Waals surface area contributed by atoms with Crippen LogP contribution in [0.5, 0.6) is 0 Å². The number of nitrogens with zero attached hydrogens (tertiary/aromatic N) is 2. The van der Waals surface area contributed by atoms with Gasteiger partial charge in [0.2, 0.25) is 0 Å². The molecule has 0 saturated carbocycles. The lowest BCUT2D eigenvalue weighted by Crippen LogP contribution is -2.10. The maximum Gasteiger partial charge on any atom is 0.129 e. The normalized spacial score (nSPS) is 18.7. The van der Waals surface area contributed by atoms with E-state index in [1.54, 1.807) is 0 Å². The van der Waals surface area contributed by atoms with Crippen molar-refractivity contribution in [1.29, 1.82) is 0 Å². The summed E-state index contributed by atoms with van der Waals surface area (Å²) >= 11 is 0. The Morgan fingerprint density at radius 3 is 3.11 bits per heavy atom. The van der Waals surface area contributed by atoms with Crippen molar-refractivity contribution in [2.45, 2.75) is 32.6 Å². The van der Waals surface area contributed by atoms with Gasteiger partial charge in [-0.05, 0) is 26.7 Å². The Morgan fingerprint density at radius 1 is 1.47 bits per heavy atom. The predicted octanol–water partition coefficient (Wildman–Crippen LogP) is 2.13. The van der Waals surface area contributed by atoms with Crippen LogP contribution in [0.25, 0.3) is 0 Å². The van der Waals surface area contributed by atoms with Gasteiger partial charge in [0.25, 0.3) is 0 Å². The summed E-state index contributed by atoms with van der Waals surface area (Å²) in [6.07, 6.45) is 2.04. The fourth-order valence-electron chi connectivity index (χ4n) is 2.19. The number of aromatic nitrogens is 2. The Hall–Kier alpha value is -1.20. The third kappa shape index (κ3) is 4.44. The predicted molar refractivity (Wildman–Crippen MR) is 74.5 cm³/mol. The van der Waals surface area contributed by atoms with E-state index in [0.717, 1.165) is 63.2 Å². The van der Waals surface area contributed by atoms with Crippen LogP contribution in [0.4, 0.5) is 5.82 Å². The van der Waals surface area contributed by atoms with Gasteiger partial charge in [-0.25, -0.2) is 9.97 Å². The monoisotopic (exact) mass is 265 g/mol. The van der Waals surface area contributed by atoms with Gasteiger partial charge in [-0.1, -0.05) is 0 Å². The number of aryl methyl sites for hydroxylation is 1. The second-order valence-corrected chi connectivity index (χ2v) is 4.76. The third-order valence-electron chi connectivity index (χ3n) is 3.18. The highest BCUT2D eigenvalue weighted by Gasteiger charge is 2.20. The Kier molecular flexibility index (Phi) is 5.54. The van der Waals surface area contributed by atoms with Crippen LogP contribution in [0.2, 0.25) is 0 Å². The molecular formula is C14H23N3O2. The van der Waals surface area contributed by atoms with Crippen LogP contribution in [-0.4, -0.2) is 42.9 Å². The molecule has 1 saturated heterocycles. The first kappa shape index (κ1) is 14.2. The van der Waals surface area contributed by atoms with E-state index in [2.05, 4.69) is 15.3 Å². The van der Waals surface area contributed by atoms with Crippen LogP contribution >= 0.6 is 0 Å². The van der Waals surface area contributed by atoms with E-state index in [9.17, 15) is 0 Å². The van der Waals surface area contributed by atoms with Crippen molar-refractivity contribution in [1.82, 2.24) is 9.97 Å². The molecule has 2 rings (SSSR count). The first-order chi connectivity index (χ1) is 9.29. The van der Waals surface area contributed by atoms with Crippen LogP contribution in [0.15, 0.2) is 6.07 Å². The van der Waals surface area contributed by atoms with E-state index >= 15 is 0 Å². The molecule has 0 aromatic carbocycles. The Balaban J connectivity index is 1.89. The van der Waals surface area contributed by atoms with Gasteiger partial charge in [-0.15, -0.1) is 0 Å². The first-order valence-corrected chi connectivity index (χ1v) is 7.04. The number of ether oxygens (including phenoxy) is 2. The van der Waals surface area contributed by atoms with Gasteiger partial charge in [-0.3, -0.25) is 0 Å². The number of hydrogen-bond donors (Lipinski definition) is 1. The van der Waals surface area contributed by atoms with Gasteiger partial charge in [-0.2, -0.15) is 0 Å². The third-order valence-corrected chi connectivity index (χ3v) is 3.18. The van der Waals surface area contributed by atoms with Gasteiger partial charge in [0.15, 0.2) is 0 Å². The van der Waals surface area contributed by atoms with Crippen molar-refractivity contribution >= 4 is 5.82 Å². The molecular weight excluding hydrogens is 242 g/mol. The van der Waals surface area contributed by atoms with E-state index in [4.69, 9.17) is 9.47 Å². The summed E-state index contributed by atoms with van der Waals surface area (Å²) in [5.41, 5.74) is 1.09. The minimum atomic E-state index is 0.422. The lowest BCUT2D eigenvalue weighted by molar-refractivity contribution is 0.147. The van der Waals surface area contributed by atoms with Gasteiger partial charge in [0.05, 0.1) is 12.3 Å². The number of nitrogens with one attached hydrogen (secondary N) is 1. The molecule has 2 heterocycles. The van der Waals surface area contributed by atoms with E-state index in [1.165, 1.54) is 0 Å². The van der Waals surface area contributed by atoms with E-state index in [-0.39, 0.29) is 0 Å². The lowest BCUT2D eigenvalue weighted by atomic mass is 10.0. The Bertz CT molecular complexity index is 392. The topological polar surface area (TPSA) is 56.3 Å². The van der Waals surface area contributed by atoms with E-state index < -0.39 is 0 Å². The molecule has 1 aliphatic rings. The maximum atomic E-state index is 5.42. The summed E-state index contributed by atoms with van der Waals surface area (Å²) < 4.78 is 10.7. The van der Waals surface area contributed by atoms with Crippen molar-refractivity contribution in [2.24, 2.45) is 0 Å². The molecule has 0 bridgehead atoms. The zero-order valence-corrected chi connectivity index (χ0v) is 11.8. The van der Waals surface area contributed by atoms with Gasteiger partial charge < -0.3 is 14.8 Å². The molecule has 1 fully saturated rings. The van der Waals surface area contributed by atoms with Crippen LogP contribution in [0, 0.1) is 6.92 Å². The van der Waals surface area contributed by atoms with Crippen molar-refractivity contribution in [3.8, 4) is 0 Å². The highest BCUT2D eigenvalue weighted by Crippen LogP contribution is 2.24. The quantitative estimate of drug-likeness (QED) is 0.765. The maximum absolute atomic E-state index is 5.42. The van der Waals surface area contributed by atoms with Crippen molar-refractivity contribution in [3.63, 3.8) is 0 Å². The van der Waals surface area contributed by atoms with E-state index in [1.807, 2.05) is 19.9 Å². The molecule has 5 nitrogen and oxygen atoms in total. The Morgan fingerprint density at radius 2 is 2.37 bits per heavy atom. The summed E-state index contributed by atoms with van der Waals surface area (Å²) in [6.45, 7) is 8.00. The summed E-state index contributed by atoms with van der Waals surface area (Å²) in [5, 5.41) is 3.34. The average molecular weight is 265 g/mol. The van der Waals surface area contributed by atoms with Gasteiger partial charge >= 0.3 is 0 Å². The standard InChI is InChI=1S/C14H23N3O2/c1-3-18-7-4-6-15-14-9-13(16-11(2)17-14)12-5-8-19-10-12/h9,12H,3-8,10H2,1-2H3,(H,15,16,17)/t12-/m0/s1. The molecule has 19 heavy (non-hydrogen) atoms. The highest BCUT2D eigenvalue weighted by atomic mass is 16.5. The first-order valence-electron chi connectivity index (χ1n) is 7.04. The second-order valence-electron chi connectivity index (χ2n) is 4.76. The fraction of sp³-hybridized carbons (Fsp3) is 0.714. The molecule has 1 aliphatic heterocycles. The molecule has 0 unspecified atom stereocenters. The molecule has 1 N–H and O–H groups in total. The molecule has 5 heteroatoms. The fourth-order valence-corrected chi connectivity index (χ4v) is 2.19. The SMILES string of the molecule is CCOCCCNc1cc([C@H]2CCOC2)nc(C)n1. The second kappa shape index (κ2) is 7.40. The van der Waals surface area contributed by atoms with Crippen LogP contribution in [0.1, 0.15) is 37.2 Å². The number of anilines is 1. The van der Waals surface area contributed by atoms with Gasteiger partial charge in [0, 0.05) is 38.3 Å². The zero-order valence-electron chi connectivity index (χ0n) is 11.8. The Labute approximate surface area is 114 Å². The lowest BCUT2D eigenvalue weighted by Gasteiger charge is -2.11. The summed E-state index contributed by atoms with van der Waals surface area (Å²) in [4.78, 5) is 8.94. The van der Waals surface area contributed by atoms with E-state index in [0.29, 0.717) is 5.92 Å². The number of hydrogen-bond acceptors (Lipinski definition) is 5. The molecule has 1 aromatic heterocycles. The zero-order chi connectivity index (χ0) is 13.5. The van der Waals surface area contributed by atoms with Crippen molar-refractivity contribution < 1.29 is 9.47 Å². The molecule has 0 amide bonds. The largest absolute Gasteiger partial charge is 0.382 e. The van der Waals surface area contributed by atoms with Crippen LogP contribution in [0.3, 0.4) is 0 Å². The summed E-state index contributed by atoms with van der Waals surface area (Å²) in [6, 6.07) is 2.05. The average Bonchev–Trinajstić information content (AvgIpc) is 2.92. The minimum absolute atomic E-state index is 0.422. The number of rotatable bonds is 7. The van der Waals surface area contributed by atoms with Crippen molar-refractivity contribution in [2.75, 3.05) is 38.3 Å². The molecule has 1 aromatic rings. The van der Waals surface area contributed by atoms with Crippen LogP contribution < -0.4 is 5.32 Å². The molecule has 106 valence electrons. The molecule has 0 aliphatic carbocycles. The molecule has 1 atom stereocenters. The molecule has 0 spiro atoms.